The fraction of sp³-hybridized carbons (Fsp3) is 0.333. The topological polar surface area (TPSA) is 126 Å². The Morgan fingerprint density at radius 3 is 2.37 bits per heavy atom. The number of carbonyl (C=O) groups excluding carboxylic acids is 1. The first-order valence-electron chi connectivity index (χ1n) is 11.8. The van der Waals surface area contributed by atoms with Gasteiger partial charge in [-0.25, -0.2) is 13.4 Å². The number of nitrogens with zero attached hydrogens (tertiary/aromatic N) is 6. The second kappa shape index (κ2) is 10.1. The van der Waals surface area contributed by atoms with Crippen LogP contribution < -0.4 is 15.5 Å². The van der Waals surface area contributed by atoms with E-state index in [2.05, 4.69) is 15.0 Å². The van der Waals surface area contributed by atoms with E-state index < -0.39 is 21.6 Å². The first-order chi connectivity index (χ1) is 18.1. The summed E-state index contributed by atoms with van der Waals surface area (Å²) in [5, 5.41) is -0.117. The molecule has 1 amide bonds. The van der Waals surface area contributed by atoms with Gasteiger partial charge < -0.3 is 15.5 Å². The number of halogens is 3. The summed E-state index contributed by atoms with van der Waals surface area (Å²) < 4.78 is 57.9. The average Bonchev–Trinajstić information content (AvgIpc) is 3.26. The molecule has 10 nitrogen and oxygen atoms in total. The first-order valence-corrected chi connectivity index (χ1v) is 13.6. The highest BCUT2D eigenvalue weighted by Crippen LogP contribution is 2.36. The zero-order valence-corrected chi connectivity index (χ0v) is 21.6. The minimum Gasteiger partial charge on any atom is -0.354 e. The van der Waals surface area contributed by atoms with Gasteiger partial charge in [0.15, 0.2) is 0 Å². The summed E-state index contributed by atoms with van der Waals surface area (Å²) in [6, 6.07) is 8.18. The standard InChI is InChI=1S/C24H24ClF2N7O3S/c25-21-11-16(24(26,27)20-14-29-5-6-30-20)12-22(31-21)32-7-9-33(10-8-32)38(36,37)19-3-1-18(2-4-19)34-15-17(28)13-23(34)35/h1-6,11-12,14,17H,7-10,13,15,28H2. The maximum Gasteiger partial charge on any atom is 0.316 e. The Morgan fingerprint density at radius 1 is 1.05 bits per heavy atom. The van der Waals surface area contributed by atoms with Gasteiger partial charge in [0, 0.05) is 68.8 Å². The molecule has 2 saturated heterocycles. The number of rotatable bonds is 6. The van der Waals surface area contributed by atoms with Crippen molar-refractivity contribution in [2.45, 2.75) is 23.3 Å². The Balaban J connectivity index is 1.29. The number of benzene rings is 1. The third kappa shape index (κ3) is 5.06. The molecule has 0 aliphatic carbocycles. The summed E-state index contributed by atoms with van der Waals surface area (Å²) in [5.41, 5.74) is 5.52. The van der Waals surface area contributed by atoms with Crippen molar-refractivity contribution in [2.24, 2.45) is 5.73 Å². The molecule has 2 aliphatic rings. The van der Waals surface area contributed by atoms with Crippen LogP contribution in [0, 0.1) is 0 Å². The lowest BCUT2D eigenvalue weighted by Gasteiger charge is -2.35. The third-order valence-corrected chi connectivity index (χ3v) is 8.64. The Morgan fingerprint density at radius 2 is 1.76 bits per heavy atom. The molecule has 1 unspecified atom stereocenters. The molecular weight excluding hydrogens is 540 g/mol. The zero-order chi connectivity index (χ0) is 27.1. The fourth-order valence-electron chi connectivity index (χ4n) is 4.52. The molecule has 38 heavy (non-hydrogen) atoms. The monoisotopic (exact) mass is 563 g/mol. The first kappa shape index (κ1) is 26.4. The van der Waals surface area contributed by atoms with Gasteiger partial charge in [-0.05, 0) is 36.4 Å². The van der Waals surface area contributed by atoms with Crippen molar-refractivity contribution in [2.75, 3.05) is 42.5 Å². The molecular formula is C24H24ClF2N7O3S. The molecule has 4 heterocycles. The third-order valence-electron chi connectivity index (χ3n) is 6.53. The maximum atomic E-state index is 15.1. The summed E-state index contributed by atoms with van der Waals surface area (Å²) in [5.74, 6) is -3.33. The summed E-state index contributed by atoms with van der Waals surface area (Å²) in [4.78, 5) is 27.0. The lowest BCUT2D eigenvalue weighted by molar-refractivity contribution is -0.117. The van der Waals surface area contributed by atoms with Crippen molar-refractivity contribution in [3.05, 3.63) is 71.4 Å². The number of hydrogen-bond acceptors (Lipinski definition) is 8. The fourth-order valence-corrected chi connectivity index (χ4v) is 6.15. The van der Waals surface area contributed by atoms with Crippen molar-refractivity contribution >= 4 is 39.0 Å². The highest BCUT2D eigenvalue weighted by atomic mass is 35.5. The molecule has 0 spiro atoms. The van der Waals surface area contributed by atoms with Crippen LogP contribution in [0.3, 0.4) is 0 Å². The number of pyridine rings is 1. The smallest absolute Gasteiger partial charge is 0.316 e. The minimum absolute atomic E-state index is 0.0948. The van der Waals surface area contributed by atoms with E-state index >= 15 is 8.78 Å². The van der Waals surface area contributed by atoms with Crippen LogP contribution in [0.1, 0.15) is 17.7 Å². The molecule has 2 N–H and O–H groups in total. The highest BCUT2D eigenvalue weighted by Gasteiger charge is 2.38. The van der Waals surface area contributed by atoms with Crippen molar-refractivity contribution in [3.8, 4) is 0 Å². The number of sulfonamides is 1. The molecule has 1 atom stereocenters. The van der Waals surface area contributed by atoms with Gasteiger partial charge in [0.25, 0.3) is 0 Å². The zero-order valence-electron chi connectivity index (χ0n) is 20.0. The number of alkyl halides is 2. The van der Waals surface area contributed by atoms with Gasteiger partial charge in [-0.2, -0.15) is 13.1 Å². The van der Waals surface area contributed by atoms with E-state index in [1.54, 1.807) is 21.9 Å². The van der Waals surface area contributed by atoms with Crippen LogP contribution in [-0.4, -0.2) is 72.3 Å². The average molecular weight is 564 g/mol. The van der Waals surface area contributed by atoms with Crippen molar-refractivity contribution in [1.82, 2.24) is 19.3 Å². The Bertz CT molecular complexity index is 1440. The predicted molar refractivity (Wildman–Crippen MR) is 137 cm³/mol. The summed E-state index contributed by atoms with van der Waals surface area (Å²) in [6.07, 6.45) is 3.73. The second-order valence-corrected chi connectivity index (χ2v) is 11.4. The van der Waals surface area contributed by atoms with Crippen LogP contribution in [0.25, 0.3) is 0 Å². The maximum absolute atomic E-state index is 15.1. The van der Waals surface area contributed by atoms with E-state index in [9.17, 15) is 13.2 Å². The molecule has 14 heteroatoms. The van der Waals surface area contributed by atoms with Gasteiger partial charge in [0.05, 0.1) is 11.1 Å². The number of anilines is 2. The number of nitrogens with two attached hydrogens (primary N) is 1. The van der Waals surface area contributed by atoms with Crippen LogP contribution in [0.2, 0.25) is 5.15 Å². The van der Waals surface area contributed by atoms with Crippen molar-refractivity contribution in [3.63, 3.8) is 0 Å². The van der Waals surface area contributed by atoms with Gasteiger partial charge in [-0.1, -0.05) is 11.6 Å². The van der Waals surface area contributed by atoms with Gasteiger partial charge in [-0.15, -0.1) is 0 Å². The molecule has 0 radical (unpaired) electrons. The van der Waals surface area contributed by atoms with Crippen LogP contribution in [0.4, 0.5) is 20.3 Å². The predicted octanol–water partition coefficient (Wildman–Crippen LogP) is 2.24. The molecule has 2 fully saturated rings. The molecule has 1 aromatic carbocycles. The number of carbonyl (C=O) groups is 1. The molecule has 5 rings (SSSR count). The SMILES string of the molecule is NC1CC(=O)N(c2ccc(S(=O)(=O)N3CCN(c4cc(C(F)(F)c5cnccn5)cc(Cl)n4)CC3)cc2)C1. The van der Waals surface area contributed by atoms with Crippen LogP contribution >= 0.6 is 11.6 Å². The Labute approximate surface area is 223 Å². The molecule has 0 saturated carbocycles. The second-order valence-electron chi connectivity index (χ2n) is 9.06. The summed E-state index contributed by atoms with van der Waals surface area (Å²) >= 11 is 6.08. The highest BCUT2D eigenvalue weighted by molar-refractivity contribution is 7.89. The Kier molecular flexibility index (Phi) is 7.03. The van der Waals surface area contributed by atoms with Crippen LogP contribution in [0.5, 0.6) is 0 Å². The summed E-state index contributed by atoms with van der Waals surface area (Å²) in [6.45, 7) is 1.07. The number of hydrogen-bond donors (Lipinski definition) is 1. The van der Waals surface area contributed by atoms with Crippen LogP contribution in [-0.2, 0) is 20.7 Å². The van der Waals surface area contributed by atoms with E-state index in [-0.39, 0.29) is 66.0 Å². The van der Waals surface area contributed by atoms with E-state index in [1.165, 1.54) is 34.9 Å². The lowest BCUT2D eigenvalue weighted by Crippen LogP contribution is -2.49. The molecule has 2 aliphatic heterocycles. The minimum atomic E-state index is -3.81. The van der Waals surface area contributed by atoms with Gasteiger partial charge >= 0.3 is 5.92 Å². The molecule has 200 valence electrons. The number of aromatic nitrogens is 3. The molecule has 3 aromatic rings. The Hall–Kier alpha value is -3.26. The van der Waals surface area contributed by atoms with Gasteiger partial charge in [-0.3, -0.25) is 14.8 Å². The lowest BCUT2D eigenvalue weighted by atomic mass is 10.1. The quantitative estimate of drug-likeness (QED) is 0.453. The van der Waals surface area contributed by atoms with E-state index in [1.807, 2.05) is 0 Å². The van der Waals surface area contributed by atoms with Gasteiger partial charge in [0.1, 0.15) is 16.7 Å². The molecule has 2 aromatic heterocycles. The largest absolute Gasteiger partial charge is 0.354 e. The van der Waals surface area contributed by atoms with Crippen molar-refractivity contribution in [1.29, 1.82) is 0 Å². The van der Waals surface area contributed by atoms with E-state index in [0.29, 0.717) is 12.2 Å². The van der Waals surface area contributed by atoms with Gasteiger partial charge in [0.2, 0.25) is 15.9 Å². The normalized spacial score (nSPS) is 19.3. The van der Waals surface area contributed by atoms with Crippen molar-refractivity contribution < 1.29 is 22.0 Å². The molecule has 0 bridgehead atoms. The summed E-state index contributed by atoms with van der Waals surface area (Å²) in [7, 11) is -3.81. The van der Waals surface area contributed by atoms with Crippen LogP contribution in [0.15, 0.2) is 59.9 Å². The number of amides is 1. The van der Waals surface area contributed by atoms with E-state index in [4.69, 9.17) is 17.3 Å². The van der Waals surface area contributed by atoms with E-state index in [0.717, 1.165) is 12.3 Å². The number of piperazine rings is 1.